The fourth-order valence-electron chi connectivity index (χ4n) is 2.22. The summed E-state index contributed by atoms with van der Waals surface area (Å²) < 4.78 is 5.47. The number of benzene rings is 1. The van der Waals surface area contributed by atoms with Crippen molar-refractivity contribution in [3.63, 3.8) is 0 Å². The van der Waals surface area contributed by atoms with Gasteiger partial charge in [-0.1, -0.05) is 0 Å². The molecule has 98 valence electrons. The zero-order valence-corrected chi connectivity index (χ0v) is 11.7. The highest BCUT2D eigenvalue weighted by Crippen LogP contribution is 2.31. The minimum absolute atomic E-state index is 0.207. The van der Waals surface area contributed by atoms with Crippen molar-refractivity contribution < 1.29 is 4.74 Å². The van der Waals surface area contributed by atoms with Crippen LogP contribution in [-0.4, -0.2) is 10.9 Å². The SMILES string of the molecule is CC(=N)Oc1c(C)cc(-c2ccncc2C)cc1C. The molecule has 0 aliphatic heterocycles. The zero-order valence-electron chi connectivity index (χ0n) is 11.7. The first-order valence-corrected chi connectivity index (χ1v) is 6.24. The Hall–Kier alpha value is -2.16. The molecule has 3 heteroatoms. The van der Waals surface area contributed by atoms with E-state index in [2.05, 4.69) is 24.0 Å². The maximum atomic E-state index is 7.45. The Kier molecular flexibility index (Phi) is 3.65. The summed E-state index contributed by atoms with van der Waals surface area (Å²) in [7, 11) is 0. The summed E-state index contributed by atoms with van der Waals surface area (Å²) in [6.45, 7) is 7.70. The predicted octanol–water partition coefficient (Wildman–Crippen LogP) is 4.05. The number of ether oxygens (including phenoxy) is 1. The standard InChI is InChI=1S/C16H18N2O/c1-10-7-14(15-5-6-18-9-12(15)3)8-11(2)16(10)19-13(4)17/h5-9,17H,1-4H3. The molecule has 2 aromatic rings. The van der Waals surface area contributed by atoms with E-state index in [1.165, 1.54) is 5.56 Å². The molecule has 0 atom stereocenters. The largest absolute Gasteiger partial charge is 0.443 e. The van der Waals surface area contributed by atoms with Crippen LogP contribution in [0.3, 0.4) is 0 Å². The maximum absolute atomic E-state index is 7.45. The lowest BCUT2D eigenvalue weighted by molar-refractivity contribution is 0.533. The summed E-state index contributed by atoms with van der Waals surface area (Å²) in [4.78, 5) is 4.12. The quantitative estimate of drug-likeness (QED) is 0.649. The van der Waals surface area contributed by atoms with E-state index in [4.69, 9.17) is 10.1 Å². The second kappa shape index (κ2) is 5.22. The minimum Gasteiger partial charge on any atom is -0.443 e. The number of nitrogens with one attached hydrogen (secondary N) is 1. The molecule has 0 amide bonds. The van der Waals surface area contributed by atoms with Crippen LogP contribution in [0.1, 0.15) is 23.6 Å². The van der Waals surface area contributed by atoms with E-state index in [-0.39, 0.29) is 5.90 Å². The van der Waals surface area contributed by atoms with Gasteiger partial charge in [-0.3, -0.25) is 10.4 Å². The molecule has 0 spiro atoms. The van der Waals surface area contributed by atoms with Gasteiger partial charge in [0.15, 0.2) is 5.90 Å². The first-order chi connectivity index (χ1) is 8.99. The van der Waals surface area contributed by atoms with Crippen LogP contribution >= 0.6 is 0 Å². The lowest BCUT2D eigenvalue weighted by Crippen LogP contribution is -2.04. The van der Waals surface area contributed by atoms with Gasteiger partial charge in [0.1, 0.15) is 5.75 Å². The van der Waals surface area contributed by atoms with Crippen molar-refractivity contribution in [3.8, 4) is 16.9 Å². The van der Waals surface area contributed by atoms with E-state index in [1.807, 2.05) is 26.1 Å². The normalized spacial score (nSPS) is 10.3. The molecule has 0 aliphatic rings. The Morgan fingerprint density at radius 3 is 2.26 bits per heavy atom. The number of aromatic nitrogens is 1. The van der Waals surface area contributed by atoms with Gasteiger partial charge >= 0.3 is 0 Å². The van der Waals surface area contributed by atoms with Gasteiger partial charge in [-0.2, -0.15) is 0 Å². The van der Waals surface area contributed by atoms with E-state index in [0.29, 0.717) is 0 Å². The first-order valence-electron chi connectivity index (χ1n) is 6.24. The van der Waals surface area contributed by atoms with Crippen LogP contribution in [0.5, 0.6) is 5.75 Å². The Morgan fingerprint density at radius 1 is 1.11 bits per heavy atom. The molecule has 0 unspecified atom stereocenters. The highest BCUT2D eigenvalue weighted by atomic mass is 16.5. The topological polar surface area (TPSA) is 46.0 Å². The van der Waals surface area contributed by atoms with Gasteiger partial charge in [-0.05, 0) is 66.8 Å². The van der Waals surface area contributed by atoms with Gasteiger partial charge < -0.3 is 4.74 Å². The van der Waals surface area contributed by atoms with Crippen molar-refractivity contribution in [1.29, 1.82) is 5.41 Å². The second-order valence-electron chi connectivity index (χ2n) is 4.79. The molecule has 19 heavy (non-hydrogen) atoms. The number of rotatable bonds is 2. The lowest BCUT2D eigenvalue weighted by atomic mass is 9.98. The summed E-state index contributed by atoms with van der Waals surface area (Å²) in [6.07, 6.45) is 3.67. The minimum atomic E-state index is 0.207. The Labute approximate surface area is 113 Å². The van der Waals surface area contributed by atoms with Crippen molar-refractivity contribution in [3.05, 3.63) is 47.3 Å². The monoisotopic (exact) mass is 254 g/mol. The van der Waals surface area contributed by atoms with Crippen molar-refractivity contribution in [2.24, 2.45) is 0 Å². The van der Waals surface area contributed by atoms with Crippen LogP contribution < -0.4 is 4.74 Å². The third-order valence-electron chi connectivity index (χ3n) is 3.05. The average Bonchev–Trinajstić information content (AvgIpc) is 2.34. The number of hydrogen-bond acceptors (Lipinski definition) is 3. The molecule has 1 heterocycles. The van der Waals surface area contributed by atoms with Gasteiger partial charge in [0.25, 0.3) is 0 Å². The third kappa shape index (κ3) is 2.81. The summed E-state index contributed by atoms with van der Waals surface area (Å²) >= 11 is 0. The molecule has 0 bridgehead atoms. The van der Waals surface area contributed by atoms with E-state index in [0.717, 1.165) is 28.0 Å². The predicted molar refractivity (Wildman–Crippen MR) is 77.9 cm³/mol. The molecule has 1 N–H and O–H groups in total. The average molecular weight is 254 g/mol. The van der Waals surface area contributed by atoms with Gasteiger partial charge in [-0.25, -0.2) is 0 Å². The molecular weight excluding hydrogens is 236 g/mol. The molecule has 0 saturated heterocycles. The molecular formula is C16H18N2O. The molecule has 0 fully saturated rings. The highest BCUT2D eigenvalue weighted by molar-refractivity contribution is 5.75. The van der Waals surface area contributed by atoms with Crippen LogP contribution in [0, 0.1) is 26.2 Å². The smallest absolute Gasteiger partial charge is 0.184 e. The van der Waals surface area contributed by atoms with Crippen LogP contribution in [0.15, 0.2) is 30.6 Å². The highest BCUT2D eigenvalue weighted by Gasteiger charge is 2.10. The van der Waals surface area contributed by atoms with Gasteiger partial charge in [0.05, 0.1) is 0 Å². The maximum Gasteiger partial charge on any atom is 0.184 e. The van der Waals surface area contributed by atoms with Gasteiger partial charge in [-0.15, -0.1) is 0 Å². The molecule has 1 aromatic heterocycles. The third-order valence-corrected chi connectivity index (χ3v) is 3.05. The number of pyridine rings is 1. The van der Waals surface area contributed by atoms with Crippen LogP contribution in [-0.2, 0) is 0 Å². The van der Waals surface area contributed by atoms with E-state index >= 15 is 0 Å². The first kappa shape index (κ1) is 13.3. The van der Waals surface area contributed by atoms with Crippen LogP contribution in [0.25, 0.3) is 11.1 Å². The van der Waals surface area contributed by atoms with Crippen molar-refractivity contribution in [2.75, 3.05) is 0 Å². The number of hydrogen-bond donors (Lipinski definition) is 1. The number of aryl methyl sites for hydroxylation is 3. The Morgan fingerprint density at radius 2 is 1.74 bits per heavy atom. The molecule has 0 saturated carbocycles. The van der Waals surface area contributed by atoms with Crippen molar-refractivity contribution in [2.45, 2.75) is 27.7 Å². The molecule has 0 radical (unpaired) electrons. The molecule has 2 rings (SSSR count). The Balaban J connectivity index is 2.51. The summed E-state index contributed by atoms with van der Waals surface area (Å²) in [6, 6.07) is 6.20. The fourth-order valence-corrected chi connectivity index (χ4v) is 2.22. The lowest BCUT2D eigenvalue weighted by Gasteiger charge is -2.14. The summed E-state index contributed by atoms with van der Waals surface area (Å²) in [5.41, 5.74) is 5.57. The van der Waals surface area contributed by atoms with Gasteiger partial charge in [0.2, 0.25) is 0 Å². The molecule has 0 aliphatic carbocycles. The molecule has 1 aromatic carbocycles. The zero-order chi connectivity index (χ0) is 14.0. The van der Waals surface area contributed by atoms with E-state index < -0.39 is 0 Å². The van der Waals surface area contributed by atoms with Crippen molar-refractivity contribution >= 4 is 5.90 Å². The fraction of sp³-hybridized carbons (Fsp3) is 0.250. The van der Waals surface area contributed by atoms with Crippen LogP contribution in [0.4, 0.5) is 0 Å². The Bertz CT molecular complexity index is 609. The summed E-state index contributed by atoms with van der Waals surface area (Å²) in [5, 5.41) is 7.45. The van der Waals surface area contributed by atoms with Crippen molar-refractivity contribution in [1.82, 2.24) is 4.98 Å². The second-order valence-corrected chi connectivity index (χ2v) is 4.79. The summed E-state index contributed by atoms with van der Waals surface area (Å²) in [5.74, 6) is 0.988. The molecule has 3 nitrogen and oxygen atoms in total. The van der Waals surface area contributed by atoms with Gasteiger partial charge in [0, 0.05) is 19.3 Å². The van der Waals surface area contributed by atoms with E-state index in [1.54, 1.807) is 13.1 Å². The number of nitrogens with zero attached hydrogens (tertiary/aromatic N) is 1. The van der Waals surface area contributed by atoms with Crippen LogP contribution in [0.2, 0.25) is 0 Å². The van der Waals surface area contributed by atoms with E-state index in [9.17, 15) is 0 Å².